The lowest BCUT2D eigenvalue weighted by molar-refractivity contribution is -0.209. The van der Waals surface area contributed by atoms with Crippen molar-refractivity contribution in [1.29, 1.82) is 0 Å². The SMILES string of the molecule is Cc1ccc(C)n1-c1cncc(C2=CN(Cc3cn4cc(CNCC56CC(F)(C5)C6)ccc4n3)NN2)c1. The van der Waals surface area contributed by atoms with Crippen LogP contribution in [-0.2, 0) is 13.1 Å². The predicted molar refractivity (Wildman–Crippen MR) is 140 cm³/mol. The molecule has 2 bridgehead atoms. The van der Waals surface area contributed by atoms with Gasteiger partial charge in [0.25, 0.3) is 0 Å². The van der Waals surface area contributed by atoms with Gasteiger partial charge in [-0.15, -0.1) is 5.53 Å². The molecule has 0 radical (unpaired) electrons. The third kappa shape index (κ3) is 3.98. The fraction of sp³-hybridized carbons (Fsp3) is 0.357. The molecule has 4 aromatic heterocycles. The molecule has 3 saturated carbocycles. The number of nitrogens with one attached hydrogen (secondary N) is 3. The van der Waals surface area contributed by atoms with Crippen LogP contribution >= 0.6 is 0 Å². The van der Waals surface area contributed by atoms with Crippen LogP contribution in [0.5, 0.6) is 0 Å². The van der Waals surface area contributed by atoms with Crippen LogP contribution in [0.3, 0.4) is 0 Å². The average Bonchev–Trinajstić information content (AvgIpc) is 3.55. The molecule has 0 atom stereocenters. The van der Waals surface area contributed by atoms with E-state index in [0.29, 0.717) is 6.54 Å². The minimum absolute atomic E-state index is 0.224. The van der Waals surface area contributed by atoms with E-state index in [1.807, 2.05) is 23.6 Å². The van der Waals surface area contributed by atoms with Crippen LogP contribution in [-0.4, -0.2) is 36.2 Å². The number of fused-ring (bicyclic) bond motifs is 1. The Kier molecular flexibility index (Phi) is 4.96. The van der Waals surface area contributed by atoms with Gasteiger partial charge in [-0.3, -0.25) is 9.99 Å². The number of nitrogens with zero attached hydrogens (tertiary/aromatic N) is 5. The molecule has 3 N–H and O–H groups in total. The van der Waals surface area contributed by atoms with Crippen molar-refractivity contribution in [3.8, 4) is 5.69 Å². The first-order valence-electron chi connectivity index (χ1n) is 12.8. The summed E-state index contributed by atoms with van der Waals surface area (Å²) in [5.74, 6) is 0. The van der Waals surface area contributed by atoms with E-state index in [-0.39, 0.29) is 5.41 Å². The molecule has 0 saturated heterocycles. The number of hydrogen-bond acceptors (Lipinski definition) is 6. The van der Waals surface area contributed by atoms with E-state index in [1.165, 1.54) is 17.0 Å². The first-order chi connectivity index (χ1) is 17.9. The summed E-state index contributed by atoms with van der Waals surface area (Å²) in [6.07, 6.45) is 12.2. The number of aromatic nitrogens is 4. The van der Waals surface area contributed by atoms with Crippen LogP contribution in [0.4, 0.5) is 4.39 Å². The summed E-state index contributed by atoms with van der Waals surface area (Å²) in [7, 11) is 0. The van der Waals surface area contributed by atoms with Gasteiger partial charge in [0.1, 0.15) is 11.3 Å². The molecule has 8 rings (SSSR count). The van der Waals surface area contributed by atoms with Crippen molar-refractivity contribution in [3.63, 3.8) is 0 Å². The Labute approximate surface area is 215 Å². The third-order valence-electron chi connectivity index (χ3n) is 7.98. The van der Waals surface area contributed by atoms with Crippen molar-refractivity contribution in [3.05, 3.63) is 89.5 Å². The highest BCUT2D eigenvalue weighted by Gasteiger charge is 2.68. The van der Waals surface area contributed by atoms with Crippen LogP contribution in [0, 0.1) is 19.3 Å². The van der Waals surface area contributed by atoms with Gasteiger partial charge in [-0.1, -0.05) is 6.07 Å². The van der Waals surface area contributed by atoms with Crippen LogP contribution in [0.25, 0.3) is 17.0 Å². The molecule has 37 heavy (non-hydrogen) atoms. The molecule has 4 aromatic rings. The molecule has 3 fully saturated rings. The Morgan fingerprint density at radius 2 is 1.86 bits per heavy atom. The summed E-state index contributed by atoms with van der Waals surface area (Å²) in [5.41, 5.74) is 14.3. The quantitative estimate of drug-likeness (QED) is 0.342. The molecule has 3 aliphatic carbocycles. The van der Waals surface area contributed by atoms with Crippen LogP contribution in [0.2, 0.25) is 0 Å². The predicted octanol–water partition coefficient (Wildman–Crippen LogP) is 3.94. The van der Waals surface area contributed by atoms with Crippen molar-refractivity contribution in [2.75, 3.05) is 6.54 Å². The maximum Gasteiger partial charge on any atom is 0.137 e. The summed E-state index contributed by atoms with van der Waals surface area (Å²) in [6, 6.07) is 10.5. The highest BCUT2D eigenvalue weighted by atomic mass is 19.1. The third-order valence-corrected chi connectivity index (χ3v) is 7.98. The second-order valence-electron chi connectivity index (χ2n) is 11.1. The highest BCUT2D eigenvalue weighted by Crippen LogP contribution is 2.69. The maximum atomic E-state index is 13.7. The number of alkyl halides is 1. The summed E-state index contributed by atoms with van der Waals surface area (Å²) < 4.78 is 18.0. The zero-order valence-corrected chi connectivity index (χ0v) is 21.1. The number of imidazole rings is 1. The molecule has 0 amide bonds. The summed E-state index contributed by atoms with van der Waals surface area (Å²) >= 11 is 0. The summed E-state index contributed by atoms with van der Waals surface area (Å²) in [6.45, 7) is 6.50. The van der Waals surface area contributed by atoms with E-state index < -0.39 is 5.67 Å². The topological polar surface area (TPSA) is 74.5 Å². The zero-order valence-electron chi connectivity index (χ0n) is 21.1. The van der Waals surface area contributed by atoms with E-state index in [2.05, 4.69) is 86.8 Å². The largest absolute Gasteiger partial charge is 0.317 e. The maximum absolute atomic E-state index is 13.7. The second-order valence-corrected chi connectivity index (χ2v) is 11.1. The van der Waals surface area contributed by atoms with Crippen LogP contribution in [0.15, 0.2) is 61.3 Å². The van der Waals surface area contributed by atoms with Gasteiger partial charge in [0.2, 0.25) is 0 Å². The molecular weight excluding hydrogens is 467 g/mol. The van der Waals surface area contributed by atoms with E-state index in [9.17, 15) is 4.39 Å². The lowest BCUT2D eigenvalue weighted by Crippen LogP contribution is -2.67. The lowest BCUT2D eigenvalue weighted by atomic mass is 9.42. The normalized spacial score (nSPS) is 24.1. The Balaban J connectivity index is 1.01. The van der Waals surface area contributed by atoms with Gasteiger partial charge in [0, 0.05) is 54.8 Å². The second kappa shape index (κ2) is 8.16. The molecule has 190 valence electrons. The molecular formula is C28H31FN8. The Morgan fingerprint density at radius 1 is 1.05 bits per heavy atom. The number of aryl methyl sites for hydroxylation is 2. The smallest absolute Gasteiger partial charge is 0.137 e. The number of hydrazine groups is 2. The van der Waals surface area contributed by atoms with Crippen LogP contribution in [0.1, 0.15) is 47.5 Å². The van der Waals surface area contributed by atoms with Crippen molar-refractivity contribution in [2.45, 2.75) is 51.9 Å². The van der Waals surface area contributed by atoms with Crippen molar-refractivity contribution >= 4 is 11.3 Å². The minimum atomic E-state index is -0.828. The first-order valence-corrected chi connectivity index (χ1v) is 12.8. The Bertz CT molecular complexity index is 1490. The molecule has 5 heterocycles. The Morgan fingerprint density at radius 3 is 2.65 bits per heavy atom. The zero-order chi connectivity index (χ0) is 25.2. The van der Waals surface area contributed by atoms with Gasteiger partial charge in [-0.2, -0.15) is 0 Å². The van der Waals surface area contributed by atoms with Gasteiger partial charge < -0.3 is 19.7 Å². The molecule has 0 spiro atoms. The summed E-state index contributed by atoms with van der Waals surface area (Å²) in [5, 5.41) is 5.51. The number of halogens is 1. The Hall–Kier alpha value is -3.69. The average molecular weight is 499 g/mol. The van der Waals surface area contributed by atoms with Gasteiger partial charge in [-0.05, 0) is 68.4 Å². The lowest BCUT2D eigenvalue weighted by Gasteiger charge is -2.66. The highest BCUT2D eigenvalue weighted by molar-refractivity contribution is 5.65. The van der Waals surface area contributed by atoms with E-state index in [4.69, 9.17) is 4.98 Å². The molecule has 9 heteroatoms. The van der Waals surface area contributed by atoms with Crippen molar-refractivity contribution < 1.29 is 4.39 Å². The van der Waals surface area contributed by atoms with E-state index >= 15 is 0 Å². The molecule has 0 unspecified atom stereocenters. The van der Waals surface area contributed by atoms with Gasteiger partial charge >= 0.3 is 0 Å². The van der Waals surface area contributed by atoms with Crippen molar-refractivity contribution in [2.24, 2.45) is 5.41 Å². The number of hydrogen-bond donors (Lipinski definition) is 3. The fourth-order valence-corrected chi connectivity index (χ4v) is 6.32. The van der Waals surface area contributed by atoms with Gasteiger partial charge in [-0.25, -0.2) is 9.37 Å². The molecule has 4 aliphatic rings. The minimum Gasteiger partial charge on any atom is -0.317 e. The standard InChI is InChI=1S/C28H31FN8/c1-19-3-4-20(2)37(19)24-7-22(9-30-10-24)25-14-36(34-33-25)13-23-12-35-11-21(5-6-26(35)32-23)8-31-18-27-15-28(29,16-27)17-27/h3-7,9-12,14,31,33-34H,8,13,15-18H2,1-2H3. The van der Waals surface area contributed by atoms with E-state index in [0.717, 1.165) is 60.6 Å². The monoisotopic (exact) mass is 498 g/mol. The molecule has 0 aromatic carbocycles. The van der Waals surface area contributed by atoms with E-state index in [1.54, 1.807) is 0 Å². The first kappa shape index (κ1) is 22.5. The van der Waals surface area contributed by atoms with Crippen molar-refractivity contribution in [1.82, 2.24) is 40.2 Å². The fourth-order valence-electron chi connectivity index (χ4n) is 6.32. The van der Waals surface area contributed by atoms with Gasteiger partial charge in [0.15, 0.2) is 0 Å². The molecule has 8 nitrogen and oxygen atoms in total. The summed E-state index contributed by atoms with van der Waals surface area (Å²) in [4.78, 5) is 9.26. The number of rotatable bonds is 8. The molecule has 1 aliphatic heterocycles. The van der Waals surface area contributed by atoms with Crippen LogP contribution < -0.4 is 16.3 Å². The van der Waals surface area contributed by atoms with Gasteiger partial charge in [0.05, 0.1) is 29.8 Å². The number of pyridine rings is 2.